The van der Waals surface area contributed by atoms with Crippen molar-refractivity contribution in [3.8, 4) is 0 Å². The average molecular weight is 471 g/mol. The van der Waals surface area contributed by atoms with E-state index in [0.717, 1.165) is 0 Å². The fourth-order valence-corrected chi connectivity index (χ4v) is 4.38. The molecule has 1 fully saturated rings. The topological polar surface area (TPSA) is 105 Å². The highest BCUT2D eigenvalue weighted by molar-refractivity contribution is 7.89. The van der Waals surface area contributed by atoms with Crippen molar-refractivity contribution in [3.63, 3.8) is 0 Å². The van der Waals surface area contributed by atoms with Crippen molar-refractivity contribution >= 4 is 27.5 Å². The maximum atomic E-state index is 12.7. The van der Waals surface area contributed by atoms with Crippen LogP contribution in [0.5, 0.6) is 0 Å². The molecule has 12 heteroatoms. The van der Waals surface area contributed by atoms with Gasteiger partial charge in [-0.05, 0) is 36.4 Å². The third-order valence-electron chi connectivity index (χ3n) is 4.59. The molecule has 0 radical (unpaired) electrons. The monoisotopic (exact) mass is 471 g/mol. The number of nitrogens with zero attached hydrogens (tertiary/aromatic N) is 1. The molecule has 3 rings (SSSR count). The zero-order valence-electron chi connectivity index (χ0n) is 16.7. The summed E-state index contributed by atoms with van der Waals surface area (Å²) < 4.78 is 68.8. The molecule has 1 aliphatic heterocycles. The van der Waals surface area contributed by atoms with Crippen molar-refractivity contribution in [3.05, 3.63) is 59.7 Å². The minimum Gasteiger partial charge on any atom is -0.379 e. The van der Waals surface area contributed by atoms with Crippen molar-refractivity contribution in [1.82, 2.24) is 9.62 Å². The van der Waals surface area contributed by atoms with E-state index in [9.17, 15) is 31.2 Å². The second-order valence-electron chi connectivity index (χ2n) is 6.84. The van der Waals surface area contributed by atoms with Crippen LogP contribution in [0.15, 0.2) is 53.4 Å². The molecule has 0 atom stereocenters. The highest BCUT2D eigenvalue weighted by Gasteiger charge is 2.29. The molecule has 0 saturated carbocycles. The zero-order valence-corrected chi connectivity index (χ0v) is 17.5. The number of alkyl halides is 3. The van der Waals surface area contributed by atoms with Crippen molar-refractivity contribution < 1.29 is 35.9 Å². The average Bonchev–Trinajstić information content (AvgIpc) is 2.78. The lowest BCUT2D eigenvalue weighted by Gasteiger charge is -2.26. The summed E-state index contributed by atoms with van der Waals surface area (Å²) in [5.74, 6) is -1.65. The van der Waals surface area contributed by atoms with Gasteiger partial charge in [0.15, 0.2) is 0 Å². The lowest BCUT2D eigenvalue weighted by atomic mass is 10.1. The molecular formula is C20H20F3N3O5S. The number of nitrogens with one attached hydrogen (secondary N) is 2. The number of amides is 2. The van der Waals surface area contributed by atoms with Gasteiger partial charge in [-0.1, -0.05) is 12.1 Å². The molecule has 2 aromatic carbocycles. The van der Waals surface area contributed by atoms with E-state index in [0.29, 0.717) is 13.2 Å². The molecule has 1 heterocycles. The summed E-state index contributed by atoms with van der Waals surface area (Å²) in [6, 6.07) is 10.8. The van der Waals surface area contributed by atoms with Gasteiger partial charge in [0.1, 0.15) is 6.54 Å². The lowest BCUT2D eigenvalue weighted by Crippen LogP contribution is -2.40. The summed E-state index contributed by atoms with van der Waals surface area (Å²) in [5.41, 5.74) is -0.0183. The van der Waals surface area contributed by atoms with Gasteiger partial charge in [0.05, 0.1) is 29.4 Å². The van der Waals surface area contributed by atoms with Gasteiger partial charge in [-0.2, -0.15) is 17.5 Å². The quantitative estimate of drug-likeness (QED) is 0.673. The van der Waals surface area contributed by atoms with Crippen LogP contribution in [-0.2, 0) is 14.8 Å². The molecule has 2 aromatic rings. The number of hydrogen-bond acceptors (Lipinski definition) is 5. The van der Waals surface area contributed by atoms with E-state index in [1.165, 1.54) is 52.8 Å². The predicted molar refractivity (Wildman–Crippen MR) is 109 cm³/mol. The Morgan fingerprint density at radius 3 is 2.22 bits per heavy atom. The number of rotatable bonds is 6. The van der Waals surface area contributed by atoms with Gasteiger partial charge < -0.3 is 15.4 Å². The maximum Gasteiger partial charge on any atom is 0.405 e. The normalized spacial score (nSPS) is 15.2. The number of carbonyl (C=O) groups excluding carboxylic acids is 2. The molecule has 0 unspecified atom stereocenters. The van der Waals surface area contributed by atoms with Crippen LogP contribution in [0.4, 0.5) is 18.9 Å². The second kappa shape index (κ2) is 9.67. The van der Waals surface area contributed by atoms with Gasteiger partial charge in [0.25, 0.3) is 11.8 Å². The Bertz CT molecular complexity index is 1080. The van der Waals surface area contributed by atoms with Gasteiger partial charge in [0, 0.05) is 18.7 Å². The molecule has 0 aliphatic carbocycles. The first-order valence-corrected chi connectivity index (χ1v) is 11.0. The molecule has 172 valence electrons. The Labute approximate surface area is 182 Å². The number of para-hydroxylation sites is 1. The molecule has 0 spiro atoms. The predicted octanol–water partition coefficient (Wildman–Crippen LogP) is 2.25. The summed E-state index contributed by atoms with van der Waals surface area (Å²) in [4.78, 5) is 24.7. The molecule has 1 saturated heterocycles. The van der Waals surface area contributed by atoms with Gasteiger partial charge in [0.2, 0.25) is 10.0 Å². The van der Waals surface area contributed by atoms with Crippen LogP contribution >= 0.6 is 0 Å². The van der Waals surface area contributed by atoms with Gasteiger partial charge in [-0.15, -0.1) is 0 Å². The van der Waals surface area contributed by atoms with Crippen LogP contribution in [0.25, 0.3) is 0 Å². The van der Waals surface area contributed by atoms with Crippen LogP contribution in [0.3, 0.4) is 0 Å². The van der Waals surface area contributed by atoms with Crippen molar-refractivity contribution in [1.29, 1.82) is 0 Å². The van der Waals surface area contributed by atoms with Crippen LogP contribution in [0, 0.1) is 0 Å². The van der Waals surface area contributed by atoms with Crippen molar-refractivity contribution in [2.45, 2.75) is 11.1 Å². The van der Waals surface area contributed by atoms with E-state index in [4.69, 9.17) is 4.74 Å². The molecule has 0 bridgehead atoms. The summed E-state index contributed by atoms with van der Waals surface area (Å²) in [6.07, 6.45) is -4.57. The van der Waals surface area contributed by atoms with Crippen molar-refractivity contribution in [2.75, 3.05) is 38.2 Å². The maximum absolute atomic E-state index is 12.7. The smallest absolute Gasteiger partial charge is 0.379 e. The molecular weight excluding hydrogens is 451 g/mol. The highest BCUT2D eigenvalue weighted by Crippen LogP contribution is 2.20. The Morgan fingerprint density at radius 1 is 0.969 bits per heavy atom. The number of sulfonamides is 1. The summed E-state index contributed by atoms with van der Waals surface area (Å²) >= 11 is 0. The Balaban J connectivity index is 1.72. The number of anilines is 1. The lowest BCUT2D eigenvalue weighted by molar-refractivity contribution is -0.123. The number of hydrogen-bond donors (Lipinski definition) is 2. The minimum absolute atomic E-state index is 0.0159. The van der Waals surface area contributed by atoms with Crippen LogP contribution in [0.1, 0.15) is 20.7 Å². The Hall–Kier alpha value is -2.96. The fourth-order valence-electron chi connectivity index (χ4n) is 2.97. The SMILES string of the molecule is O=C(Nc1ccccc1C(=O)NCC(F)(F)F)c1ccc(S(=O)(=O)N2CCOCC2)cc1. The molecule has 2 N–H and O–H groups in total. The standard InChI is InChI=1S/C20H20F3N3O5S/c21-20(22,23)13-24-19(28)16-3-1-2-4-17(16)25-18(27)14-5-7-15(8-6-14)32(29,30)26-9-11-31-12-10-26/h1-8H,9-13H2,(H,24,28)(H,25,27). The van der Waals surface area contributed by atoms with E-state index in [1.54, 1.807) is 5.32 Å². The first-order valence-electron chi connectivity index (χ1n) is 9.51. The summed E-state index contributed by atoms with van der Waals surface area (Å²) in [6.45, 7) is -0.436. The molecule has 2 amide bonds. The van der Waals surface area contributed by atoms with Crippen LogP contribution in [0.2, 0.25) is 0 Å². The second-order valence-corrected chi connectivity index (χ2v) is 8.78. The first-order chi connectivity index (χ1) is 15.1. The van der Waals surface area contributed by atoms with Crippen molar-refractivity contribution in [2.24, 2.45) is 0 Å². The third kappa shape index (κ3) is 5.84. The molecule has 0 aromatic heterocycles. The van der Waals surface area contributed by atoms with E-state index in [1.807, 2.05) is 0 Å². The fraction of sp³-hybridized carbons (Fsp3) is 0.300. The molecule has 1 aliphatic rings. The van der Waals surface area contributed by atoms with Gasteiger partial charge in [-0.3, -0.25) is 9.59 Å². The Morgan fingerprint density at radius 2 is 1.59 bits per heavy atom. The molecule has 8 nitrogen and oxygen atoms in total. The summed E-state index contributed by atoms with van der Waals surface area (Å²) in [5, 5.41) is 4.22. The zero-order chi connectivity index (χ0) is 23.4. The highest BCUT2D eigenvalue weighted by atomic mass is 32.2. The minimum atomic E-state index is -4.57. The van der Waals surface area contributed by atoms with Crippen LogP contribution < -0.4 is 10.6 Å². The number of ether oxygens (including phenoxy) is 1. The van der Waals surface area contributed by atoms with Gasteiger partial charge in [-0.25, -0.2) is 8.42 Å². The van der Waals surface area contributed by atoms with E-state index in [2.05, 4.69) is 5.32 Å². The Kier molecular flexibility index (Phi) is 7.16. The number of morpholine rings is 1. The number of halogens is 3. The van der Waals surface area contributed by atoms with E-state index in [-0.39, 0.29) is 34.8 Å². The van der Waals surface area contributed by atoms with E-state index >= 15 is 0 Å². The van der Waals surface area contributed by atoms with Crippen LogP contribution in [-0.4, -0.2) is 63.6 Å². The largest absolute Gasteiger partial charge is 0.405 e. The first kappa shape index (κ1) is 23.7. The number of benzene rings is 2. The van der Waals surface area contributed by atoms with Gasteiger partial charge >= 0.3 is 6.18 Å². The van der Waals surface area contributed by atoms with E-state index < -0.39 is 34.6 Å². The molecule has 32 heavy (non-hydrogen) atoms. The summed E-state index contributed by atoms with van der Waals surface area (Å²) in [7, 11) is -3.72. The third-order valence-corrected chi connectivity index (χ3v) is 6.51. The number of carbonyl (C=O) groups is 2.